The second-order valence-electron chi connectivity index (χ2n) is 4.47. The summed E-state index contributed by atoms with van der Waals surface area (Å²) in [6.07, 6.45) is 3.65. The molecule has 2 aromatic rings. The van der Waals surface area contributed by atoms with Crippen LogP contribution >= 0.6 is 0 Å². The molecule has 0 atom stereocenters. The second kappa shape index (κ2) is 6.29. The van der Waals surface area contributed by atoms with Crippen LogP contribution in [0.15, 0.2) is 36.7 Å². The van der Waals surface area contributed by atoms with Crippen LogP contribution in [-0.4, -0.2) is 16.5 Å². The van der Waals surface area contributed by atoms with Crippen LogP contribution in [0.25, 0.3) is 0 Å². The monoisotopic (exact) mass is 256 g/mol. The first kappa shape index (κ1) is 13.5. The van der Waals surface area contributed by atoms with Gasteiger partial charge in [0.05, 0.1) is 12.2 Å². The van der Waals surface area contributed by atoms with Crippen molar-refractivity contribution in [3.05, 3.63) is 53.5 Å². The summed E-state index contributed by atoms with van der Waals surface area (Å²) < 4.78 is 0. The average Bonchev–Trinajstić information content (AvgIpc) is 2.45. The van der Waals surface area contributed by atoms with Crippen molar-refractivity contribution in [2.24, 2.45) is 5.73 Å². The minimum Gasteiger partial charge on any atom is -0.351 e. The molecule has 0 amide bonds. The van der Waals surface area contributed by atoms with Gasteiger partial charge in [0.2, 0.25) is 0 Å². The maximum Gasteiger partial charge on any atom is 0.133 e. The lowest BCUT2D eigenvalue weighted by atomic mass is 10.1. The fraction of sp³-hybridized carbons (Fsp3) is 0.333. The Kier molecular flexibility index (Phi) is 4.47. The van der Waals surface area contributed by atoms with Gasteiger partial charge >= 0.3 is 0 Å². The molecule has 0 aliphatic rings. The van der Waals surface area contributed by atoms with E-state index < -0.39 is 0 Å². The molecule has 0 spiro atoms. The summed E-state index contributed by atoms with van der Waals surface area (Å²) in [5, 5.41) is 0. The van der Waals surface area contributed by atoms with Crippen LogP contribution in [0.3, 0.4) is 0 Å². The maximum absolute atomic E-state index is 5.86. The number of hydrogen-bond donors (Lipinski definition) is 1. The summed E-state index contributed by atoms with van der Waals surface area (Å²) in [5.74, 6) is 0.968. The predicted molar refractivity (Wildman–Crippen MR) is 77.8 cm³/mol. The van der Waals surface area contributed by atoms with Crippen LogP contribution in [0.5, 0.6) is 0 Å². The molecular weight excluding hydrogens is 236 g/mol. The minimum atomic E-state index is 0.508. The first-order chi connectivity index (χ1) is 9.26. The van der Waals surface area contributed by atoms with E-state index in [4.69, 9.17) is 5.73 Å². The maximum atomic E-state index is 5.86. The molecule has 0 radical (unpaired) electrons. The molecule has 0 saturated heterocycles. The van der Waals surface area contributed by atoms with E-state index in [1.54, 1.807) is 0 Å². The second-order valence-corrected chi connectivity index (χ2v) is 4.47. The molecule has 2 N–H and O–H groups in total. The third kappa shape index (κ3) is 3.09. The van der Waals surface area contributed by atoms with Crippen LogP contribution in [-0.2, 0) is 13.1 Å². The van der Waals surface area contributed by atoms with Crippen molar-refractivity contribution < 1.29 is 0 Å². The summed E-state index contributed by atoms with van der Waals surface area (Å²) in [4.78, 5) is 11.1. The molecule has 0 bridgehead atoms. The molecule has 19 heavy (non-hydrogen) atoms. The lowest BCUT2D eigenvalue weighted by Crippen LogP contribution is -2.25. The van der Waals surface area contributed by atoms with Crippen LogP contribution < -0.4 is 10.6 Å². The lowest BCUT2D eigenvalue weighted by molar-refractivity contribution is 0.782. The highest BCUT2D eigenvalue weighted by atomic mass is 15.2. The van der Waals surface area contributed by atoms with E-state index in [0.29, 0.717) is 6.54 Å². The molecule has 2 heterocycles. The first-order valence-corrected chi connectivity index (χ1v) is 6.55. The van der Waals surface area contributed by atoms with E-state index >= 15 is 0 Å². The Morgan fingerprint density at radius 3 is 2.63 bits per heavy atom. The minimum absolute atomic E-state index is 0.508. The molecule has 0 aliphatic heterocycles. The molecule has 2 aromatic heterocycles. The van der Waals surface area contributed by atoms with Crippen LogP contribution in [0.4, 0.5) is 5.82 Å². The molecule has 0 aliphatic carbocycles. The van der Waals surface area contributed by atoms with E-state index in [1.165, 1.54) is 5.56 Å². The Hall–Kier alpha value is -1.94. The highest BCUT2D eigenvalue weighted by Gasteiger charge is 2.13. The van der Waals surface area contributed by atoms with Gasteiger partial charge in [-0.3, -0.25) is 4.98 Å². The van der Waals surface area contributed by atoms with Gasteiger partial charge in [0.15, 0.2) is 0 Å². The Morgan fingerprint density at radius 2 is 2.00 bits per heavy atom. The highest BCUT2D eigenvalue weighted by Crippen LogP contribution is 2.21. The zero-order valence-electron chi connectivity index (χ0n) is 11.5. The number of nitrogens with zero attached hydrogens (tertiary/aromatic N) is 3. The normalized spacial score (nSPS) is 10.5. The lowest BCUT2D eigenvalue weighted by Gasteiger charge is -2.24. The van der Waals surface area contributed by atoms with E-state index in [-0.39, 0.29) is 0 Å². The zero-order chi connectivity index (χ0) is 13.7. The molecule has 100 valence electrons. The number of pyridine rings is 2. The van der Waals surface area contributed by atoms with Crippen molar-refractivity contribution in [3.63, 3.8) is 0 Å². The van der Waals surface area contributed by atoms with Gasteiger partial charge in [-0.2, -0.15) is 0 Å². The van der Waals surface area contributed by atoms with Crippen molar-refractivity contribution >= 4 is 5.82 Å². The van der Waals surface area contributed by atoms with Gasteiger partial charge in [-0.15, -0.1) is 0 Å². The molecule has 2 rings (SSSR count). The van der Waals surface area contributed by atoms with Crippen molar-refractivity contribution in [1.82, 2.24) is 9.97 Å². The number of nitrogens with two attached hydrogens (primary N) is 1. The molecule has 0 fully saturated rings. The Labute approximate surface area is 114 Å². The number of anilines is 1. The average molecular weight is 256 g/mol. The SMILES string of the molecule is CCN(Cc1ccccn1)c1nccc(C)c1CN. The molecule has 4 nitrogen and oxygen atoms in total. The molecule has 0 unspecified atom stereocenters. The molecule has 0 aromatic carbocycles. The Bertz CT molecular complexity index is 525. The fourth-order valence-corrected chi connectivity index (χ4v) is 2.12. The zero-order valence-corrected chi connectivity index (χ0v) is 11.5. The van der Waals surface area contributed by atoms with Gasteiger partial charge in [-0.1, -0.05) is 6.07 Å². The number of hydrogen-bond acceptors (Lipinski definition) is 4. The fourth-order valence-electron chi connectivity index (χ4n) is 2.12. The van der Waals surface area contributed by atoms with Crippen molar-refractivity contribution in [1.29, 1.82) is 0 Å². The third-order valence-electron chi connectivity index (χ3n) is 3.23. The van der Waals surface area contributed by atoms with E-state index in [9.17, 15) is 0 Å². The van der Waals surface area contributed by atoms with Crippen LogP contribution in [0.1, 0.15) is 23.7 Å². The third-order valence-corrected chi connectivity index (χ3v) is 3.23. The van der Waals surface area contributed by atoms with Gasteiger partial charge in [-0.05, 0) is 37.6 Å². The van der Waals surface area contributed by atoms with Crippen molar-refractivity contribution in [2.45, 2.75) is 26.9 Å². The summed E-state index contributed by atoms with van der Waals surface area (Å²) in [6, 6.07) is 7.96. The van der Waals surface area contributed by atoms with Crippen LogP contribution in [0, 0.1) is 6.92 Å². The van der Waals surface area contributed by atoms with Crippen LogP contribution in [0.2, 0.25) is 0 Å². The van der Waals surface area contributed by atoms with E-state index in [0.717, 1.165) is 30.2 Å². The summed E-state index contributed by atoms with van der Waals surface area (Å²) in [6.45, 7) is 6.32. The van der Waals surface area contributed by atoms with Gasteiger partial charge in [0.1, 0.15) is 5.82 Å². The summed E-state index contributed by atoms with van der Waals surface area (Å²) in [5.41, 5.74) is 9.19. The standard InChI is InChI=1S/C15H20N4/c1-3-19(11-13-6-4-5-8-17-13)15-14(10-16)12(2)7-9-18-15/h4-9H,3,10-11,16H2,1-2H3. The smallest absolute Gasteiger partial charge is 0.133 e. The number of aryl methyl sites for hydroxylation is 1. The number of rotatable bonds is 5. The predicted octanol–water partition coefficient (Wildman–Crippen LogP) is 2.27. The van der Waals surface area contributed by atoms with Gasteiger partial charge in [-0.25, -0.2) is 4.98 Å². The van der Waals surface area contributed by atoms with Gasteiger partial charge in [0, 0.05) is 31.0 Å². The number of aromatic nitrogens is 2. The summed E-state index contributed by atoms with van der Waals surface area (Å²) in [7, 11) is 0. The quantitative estimate of drug-likeness (QED) is 0.891. The topological polar surface area (TPSA) is 55.0 Å². The Morgan fingerprint density at radius 1 is 1.16 bits per heavy atom. The Balaban J connectivity index is 2.30. The molecule has 4 heteroatoms. The first-order valence-electron chi connectivity index (χ1n) is 6.55. The van der Waals surface area contributed by atoms with Gasteiger partial charge < -0.3 is 10.6 Å². The van der Waals surface area contributed by atoms with E-state index in [2.05, 4.69) is 28.7 Å². The van der Waals surface area contributed by atoms with E-state index in [1.807, 2.05) is 36.7 Å². The highest BCUT2D eigenvalue weighted by molar-refractivity contribution is 5.50. The van der Waals surface area contributed by atoms with Crippen molar-refractivity contribution in [3.8, 4) is 0 Å². The largest absolute Gasteiger partial charge is 0.351 e. The molecule has 0 saturated carbocycles. The van der Waals surface area contributed by atoms with Gasteiger partial charge in [0.25, 0.3) is 0 Å². The molecular formula is C15H20N4. The van der Waals surface area contributed by atoms with Crippen molar-refractivity contribution in [2.75, 3.05) is 11.4 Å². The summed E-state index contributed by atoms with van der Waals surface area (Å²) >= 11 is 0.